The first-order chi connectivity index (χ1) is 16.6. The van der Waals surface area contributed by atoms with Crippen molar-refractivity contribution in [2.75, 3.05) is 31.1 Å². The molecule has 2 fully saturated rings. The van der Waals surface area contributed by atoms with E-state index in [1.807, 2.05) is 30.3 Å². The Labute approximate surface area is 209 Å². The van der Waals surface area contributed by atoms with E-state index < -0.39 is 0 Å². The predicted molar refractivity (Wildman–Crippen MR) is 137 cm³/mol. The molecule has 176 valence electrons. The molecule has 5 rings (SSSR count). The number of carbonyl (C=O) groups excluding carboxylic acids is 1. The zero-order valence-corrected chi connectivity index (χ0v) is 20.6. The van der Waals surface area contributed by atoms with E-state index in [1.165, 1.54) is 5.56 Å². The largest absolute Gasteiger partial charge is 0.354 e. The van der Waals surface area contributed by atoms with Crippen molar-refractivity contribution in [2.45, 2.75) is 36.3 Å². The van der Waals surface area contributed by atoms with Crippen molar-refractivity contribution in [3.63, 3.8) is 0 Å². The number of anilines is 1. The van der Waals surface area contributed by atoms with Crippen LogP contribution in [0.5, 0.6) is 0 Å². The van der Waals surface area contributed by atoms with E-state index >= 15 is 0 Å². The molecule has 0 radical (unpaired) electrons. The van der Waals surface area contributed by atoms with E-state index in [0.717, 1.165) is 62.7 Å². The minimum Gasteiger partial charge on any atom is -0.354 e. The lowest BCUT2D eigenvalue weighted by Gasteiger charge is -2.35. The number of benzene rings is 2. The fourth-order valence-corrected chi connectivity index (χ4v) is 5.02. The number of nitrogens with one attached hydrogen (secondary N) is 1. The summed E-state index contributed by atoms with van der Waals surface area (Å²) in [5, 5.41) is 4.15. The number of thioether (sulfide) groups is 1. The maximum Gasteiger partial charge on any atom is 0.251 e. The van der Waals surface area contributed by atoms with E-state index in [1.54, 1.807) is 11.8 Å². The lowest BCUT2D eigenvalue weighted by Crippen LogP contribution is -2.46. The standard InChI is InChI=1S/C26H28ClN5OS/c27-23-16-24(32-14-12-31(13-15-32)17-19-4-2-1-3-5-19)30-26(29-23)34-18-20-6-8-21(9-7-20)25(33)28-22-10-11-22/h1-9,16,22H,10-15,17-18H2,(H,28,33). The Morgan fingerprint density at radius 3 is 2.41 bits per heavy atom. The minimum atomic E-state index is 0.00776. The molecule has 1 aliphatic heterocycles. The summed E-state index contributed by atoms with van der Waals surface area (Å²) in [6.45, 7) is 4.77. The highest BCUT2D eigenvalue weighted by Crippen LogP contribution is 2.26. The summed E-state index contributed by atoms with van der Waals surface area (Å²) in [6, 6.07) is 20.6. The van der Waals surface area contributed by atoms with E-state index in [9.17, 15) is 4.79 Å². The number of aromatic nitrogens is 2. The predicted octanol–water partition coefficient (Wildman–Crippen LogP) is 4.64. The molecule has 1 aliphatic carbocycles. The molecule has 0 atom stereocenters. The van der Waals surface area contributed by atoms with Gasteiger partial charge < -0.3 is 10.2 Å². The van der Waals surface area contributed by atoms with E-state index in [2.05, 4.69) is 50.4 Å². The number of amides is 1. The highest BCUT2D eigenvalue weighted by Gasteiger charge is 2.23. The van der Waals surface area contributed by atoms with Gasteiger partial charge in [-0.15, -0.1) is 0 Å². The fourth-order valence-electron chi connectivity index (χ4n) is 3.99. The Kier molecular flexibility index (Phi) is 7.33. The van der Waals surface area contributed by atoms with Gasteiger partial charge in [0.05, 0.1) is 0 Å². The summed E-state index contributed by atoms with van der Waals surface area (Å²) in [5.74, 6) is 1.61. The average molecular weight is 494 g/mol. The zero-order valence-electron chi connectivity index (χ0n) is 19.0. The Balaban J connectivity index is 1.15. The minimum absolute atomic E-state index is 0.00776. The SMILES string of the molecule is O=C(NC1CC1)c1ccc(CSc2nc(Cl)cc(N3CCN(Cc4ccccc4)CC3)n2)cc1. The number of carbonyl (C=O) groups is 1. The van der Waals surface area contributed by atoms with Crippen LogP contribution in [0, 0.1) is 0 Å². The maximum atomic E-state index is 12.2. The lowest BCUT2D eigenvalue weighted by molar-refractivity contribution is 0.0951. The highest BCUT2D eigenvalue weighted by molar-refractivity contribution is 7.98. The van der Waals surface area contributed by atoms with Gasteiger partial charge in [0.25, 0.3) is 5.91 Å². The number of hydrogen-bond donors (Lipinski definition) is 1. The maximum absolute atomic E-state index is 12.2. The molecule has 0 spiro atoms. The molecule has 2 aromatic carbocycles. The molecule has 2 aliphatic rings. The van der Waals surface area contributed by atoms with Crippen LogP contribution in [0.25, 0.3) is 0 Å². The van der Waals surface area contributed by atoms with Gasteiger partial charge in [-0.1, -0.05) is 65.8 Å². The second-order valence-electron chi connectivity index (χ2n) is 8.81. The molecule has 8 heteroatoms. The Morgan fingerprint density at radius 1 is 0.971 bits per heavy atom. The van der Waals surface area contributed by atoms with Crippen LogP contribution in [0.2, 0.25) is 5.15 Å². The average Bonchev–Trinajstić information content (AvgIpc) is 3.68. The lowest BCUT2D eigenvalue weighted by atomic mass is 10.1. The highest BCUT2D eigenvalue weighted by atomic mass is 35.5. The number of rotatable bonds is 8. The number of halogens is 1. The van der Waals surface area contributed by atoms with Crippen molar-refractivity contribution in [3.8, 4) is 0 Å². The van der Waals surface area contributed by atoms with Gasteiger partial charge in [-0.25, -0.2) is 9.97 Å². The van der Waals surface area contributed by atoms with Gasteiger partial charge in [-0.2, -0.15) is 0 Å². The molecular weight excluding hydrogens is 466 g/mol. The molecule has 1 saturated carbocycles. The molecule has 34 heavy (non-hydrogen) atoms. The van der Waals surface area contributed by atoms with Gasteiger partial charge in [0, 0.05) is 56.1 Å². The molecule has 1 N–H and O–H groups in total. The van der Waals surface area contributed by atoms with Gasteiger partial charge >= 0.3 is 0 Å². The molecule has 0 unspecified atom stereocenters. The van der Waals surface area contributed by atoms with E-state index in [0.29, 0.717) is 21.9 Å². The number of piperazine rings is 1. The van der Waals surface area contributed by atoms with Gasteiger partial charge in [-0.05, 0) is 36.1 Å². The molecule has 0 bridgehead atoms. The van der Waals surface area contributed by atoms with Crippen molar-refractivity contribution in [1.82, 2.24) is 20.2 Å². The number of nitrogens with zero attached hydrogens (tertiary/aromatic N) is 4. The summed E-state index contributed by atoms with van der Waals surface area (Å²) in [5.41, 5.74) is 3.16. The van der Waals surface area contributed by atoms with Gasteiger partial charge in [0.15, 0.2) is 5.16 Å². The monoisotopic (exact) mass is 493 g/mol. The summed E-state index contributed by atoms with van der Waals surface area (Å²) < 4.78 is 0. The Morgan fingerprint density at radius 2 is 1.71 bits per heavy atom. The summed E-state index contributed by atoms with van der Waals surface area (Å²) in [6.07, 6.45) is 2.18. The molecular formula is C26H28ClN5OS. The van der Waals surface area contributed by atoms with E-state index in [4.69, 9.17) is 16.6 Å². The Hall–Kier alpha value is -2.61. The molecule has 1 amide bonds. The van der Waals surface area contributed by atoms with Crippen LogP contribution >= 0.6 is 23.4 Å². The smallest absolute Gasteiger partial charge is 0.251 e. The zero-order chi connectivity index (χ0) is 23.3. The van der Waals surface area contributed by atoms with Gasteiger partial charge in [0.2, 0.25) is 0 Å². The van der Waals surface area contributed by atoms with Crippen LogP contribution in [0.4, 0.5) is 5.82 Å². The second kappa shape index (κ2) is 10.8. The van der Waals surface area contributed by atoms with E-state index in [-0.39, 0.29) is 5.91 Å². The van der Waals surface area contributed by atoms with Gasteiger partial charge in [0.1, 0.15) is 11.0 Å². The molecule has 1 aromatic heterocycles. The first kappa shape index (κ1) is 23.1. The fraction of sp³-hybridized carbons (Fsp3) is 0.346. The third-order valence-corrected chi connectivity index (χ3v) is 7.21. The van der Waals surface area contributed by atoms with Crippen molar-refractivity contribution < 1.29 is 4.79 Å². The summed E-state index contributed by atoms with van der Waals surface area (Å²) in [7, 11) is 0. The van der Waals surface area contributed by atoms with Gasteiger partial charge in [-0.3, -0.25) is 9.69 Å². The van der Waals surface area contributed by atoms with Crippen molar-refractivity contribution in [3.05, 3.63) is 82.5 Å². The molecule has 2 heterocycles. The Bertz CT molecular complexity index is 1120. The van der Waals surface area contributed by atoms with Crippen LogP contribution in [0.3, 0.4) is 0 Å². The molecule has 1 saturated heterocycles. The van der Waals surface area contributed by atoms with Crippen LogP contribution in [-0.2, 0) is 12.3 Å². The van der Waals surface area contributed by atoms with Crippen molar-refractivity contribution in [2.24, 2.45) is 0 Å². The topological polar surface area (TPSA) is 61.4 Å². The van der Waals surface area contributed by atoms with Crippen LogP contribution < -0.4 is 10.2 Å². The van der Waals surface area contributed by atoms with Crippen LogP contribution in [0.1, 0.15) is 34.3 Å². The van der Waals surface area contributed by atoms with Crippen molar-refractivity contribution in [1.29, 1.82) is 0 Å². The molecule has 6 nitrogen and oxygen atoms in total. The third kappa shape index (κ3) is 6.29. The van der Waals surface area contributed by atoms with Crippen LogP contribution in [-0.4, -0.2) is 53.0 Å². The first-order valence-electron chi connectivity index (χ1n) is 11.7. The molecule has 3 aromatic rings. The first-order valence-corrected chi connectivity index (χ1v) is 13.1. The number of hydrogen-bond acceptors (Lipinski definition) is 6. The third-order valence-electron chi connectivity index (χ3n) is 6.10. The van der Waals surface area contributed by atoms with Crippen molar-refractivity contribution >= 4 is 35.1 Å². The van der Waals surface area contributed by atoms with Crippen LogP contribution in [0.15, 0.2) is 65.8 Å². The second-order valence-corrected chi connectivity index (χ2v) is 10.1. The normalized spacial score (nSPS) is 16.4. The summed E-state index contributed by atoms with van der Waals surface area (Å²) >= 11 is 7.90. The summed E-state index contributed by atoms with van der Waals surface area (Å²) in [4.78, 5) is 26.1. The quantitative estimate of drug-likeness (QED) is 0.280.